The Kier molecular flexibility index (Phi) is 3.12. The molecular weight excluding hydrogens is 222 g/mol. The molecule has 1 amide bonds. The summed E-state index contributed by atoms with van der Waals surface area (Å²) in [5.74, 6) is -0.0383. The van der Waals surface area contributed by atoms with Crippen molar-refractivity contribution < 1.29 is 4.79 Å². The van der Waals surface area contributed by atoms with Crippen LogP contribution in [0.25, 0.3) is 10.8 Å². The first kappa shape index (κ1) is 12.6. The first-order valence-corrected chi connectivity index (χ1v) is 6.19. The van der Waals surface area contributed by atoms with E-state index in [0.717, 1.165) is 11.1 Å². The summed E-state index contributed by atoms with van der Waals surface area (Å²) in [4.78, 5) is 11.2. The molecule has 0 unspecified atom stereocenters. The summed E-state index contributed by atoms with van der Waals surface area (Å²) in [6.07, 6.45) is 0. The third kappa shape index (κ3) is 2.37. The molecule has 0 radical (unpaired) electrons. The molecule has 0 saturated heterocycles. The third-order valence-electron chi connectivity index (χ3n) is 3.04. The molecule has 18 heavy (non-hydrogen) atoms. The number of carbonyl (C=O) groups is 1. The molecule has 0 fully saturated rings. The fourth-order valence-corrected chi connectivity index (χ4v) is 2.25. The second-order valence-electron chi connectivity index (χ2n) is 5.64. The molecule has 0 heterocycles. The predicted octanol–water partition coefficient (Wildman–Crippen LogP) is 4.10. The van der Waals surface area contributed by atoms with Gasteiger partial charge in [0.2, 0.25) is 5.91 Å². The van der Waals surface area contributed by atoms with E-state index in [1.807, 2.05) is 18.2 Å². The highest BCUT2D eigenvalue weighted by Gasteiger charge is 2.17. The van der Waals surface area contributed by atoms with Crippen LogP contribution in [-0.4, -0.2) is 5.91 Å². The van der Waals surface area contributed by atoms with Crippen molar-refractivity contribution in [1.82, 2.24) is 0 Å². The number of nitrogens with one attached hydrogen (secondary N) is 1. The van der Waals surface area contributed by atoms with Gasteiger partial charge in [0.25, 0.3) is 0 Å². The highest BCUT2D eigenvalue weighted by Crippen LogP contribution is 2.33. The van der Waals surface area contributed by atoms with Crippen LogP contribution in [0.15, 0.2) is 36.4 Å². The average Bonchev–Trinajstić information content (AvgIpc) is 2.27. The Labute approximate surface area is 108 Å². The highest BCUT2D eigenvalue weighted by molar-refractivity contribution is 6.02. The number of carbonyl (C=O) groups excluding carboxylic acids is 1. The lowest BCUT2D eigenvalue weighted by molar-refractivity contribution is -0.114. The molecule has 0 spiro atoms. The summed E-state index contributed by atoms with van der Waals surface area (Å²) in [5.41, 5.74) is 2.27. The van der Waals surface area contributed by atoms with E-state index >= 15 is 0 Å². The Balaban J connectivity index is 2.70. The van der Waals surface area contributed by atoms with E-state index in [0.29, 0.717) is 0 Å². The Morgan fingerprint density at radius 2 is 1.61 bits per heavy atom. The van der Waals surface area contributed by atoms with Gasteiger partial charge >= 0.3 is 0 Å². The molecule has 1 N–H and O–H groups in total. The Bertz CT molecular complexity index is 594. The largest absolute Gasteiger partial charge is 0.326 e. The maximum Gasteiger partial charge on any atom is 0.221 e. The van der Waals surface area contributed by atoms with Crippen molar-refractivity contribution in [3.05, 3.63) is 42.0 Å². The number of fused-ring (bicyclic) bond motifs is 1. The Hall–Kier alpha value is -1.83. The molecular formula is C16H19NO. The molecule has 0 aliphatic heterocycles. The van der Waals surface area contributed by atoms with E-state index in [9.17, 15) is 4.79 Å². The van der Waals surface area contributed by atoms with Crippen LogP contribution < -0.4 is 5.32 Å². The predicted molar refractivity (Wildman–Crippen MR) is 77.0 cm³/mol. The van der Waals surface area contributed by atoms with Gasteiger partial charge in [0.15, 0.2) is 0 Å². The number of hydrogen-bond donors (Lipinski definition) is 1. The molecule has 0 aromatic heterocycles. The summed E-state index contributed by atoms with van der Waals surface area (Å²) < 4.78 is 0. The van der Waals surface area contributed by atoms with E-state index in [1.165, 1.54) is 17.9 Å². The van der Waals surface area contributed by atoms with Gasteiger partial charge in [-0.05, 0) is 22.4 Å². The van der Waals surface area contributed by atoms with E-state index in [2.05, 4.69) is 44.3 Å². The molecule has 0 bridgehead atoms. The van der Waals surface area contributed by atoms with Gasteiger partial charge in [0, 0.05) is 18.0 Å². The molecule has 0 aliphatic carbocycles. The molecule has 2 nitrogen and oxygen atoms in total. The summed E-state index contributed by atoms with van der Waals surface area (Å²) in [7, 11) is 0. The quantitative estimate of drug-likeness (QED) is 0.800. The molecule has 2 heteroatoms. The minimum Gasteiger partial charge on any atom is -0.326 e. The highest BCUT2D eigenvalue weighted by atomic mass is 16.1. The van der Waals surface area contributed by atoms with Gasteiger partial charge in [-0.15, -0.1) is 0 Å². The van der Waals surface area contributed by atoms with E-state index in [-0.39, 0.29) is 11.3 Å². The van der Waals surface area contributed by atoms with Crippen molar-refractivity contribution in [3.8, 4) is 0 Å². The van der Waals surface area contributed by atoms with Crippen molar-refractivity contribution in [2.75, 3.05) is 5.32 Å². The van der Waals surface area contributed by atoms with Gasteiger partial charge in [0.05, 0.1) is 0 Å². The normalized spacial score (nSPS) is 11.6. The van der Waals surface area contributed by atoms with E-state index < -0.39 is 0 Å². The summed E-state index contributed by atoms with van der Waals surface area (Å²) in [6, 6.07) is 12.3. The molecule has 2 rings (SSSR count). The lowest BCUT2D eigenvalue weighted by atomic mass is 9.83. The topological polar surface area (TPSA) is 29.1 Å². The van der Waals surface area contributed by atoms with Gasteiger partial charge < -0.3 is 5.32 Å². The average molecular weight is 241 g/mol. The van der Waals surface area contributed by atoms with E-state index in [1.54, 1.807) is 0 Å². The Morgan fingerprint density at radius 3 is 2.17 bits per heavy atom. The number of benzene rings is 2. The lowest BCUT2D eigenvalue weighted by Crippen LogP contribution is -2.13. The zero-order chi connectivity index (χ0) is 13.3. The summed E-state index contributed by atoms with van der Waals surface area (Å²) >= 11 is 0. The van der Waals surface area contributed by atoms with Gasteiger partial charge in [-0.3, -0.25) is 4.79 Å². The van der Waals surface area contributed by atoms with Crippen LogP contribution in [0.5, 0.6) is 0 Å². The molecule has 94 valence electrons. The summed E-state index contributed by atoms with van der Waals surface area (Å²) in [6.45, 7) is 8.14. The third-order valence-corrected chi connectivity index (χ3v) is 3.04. The number of amides is 1. The van der Waals surface area contributed by atoms with Crippen LogP contribution in [0.4, 0.5) is 5.69 Å². The molecule has 0 atom stereocenters. The van der Waals surface area contributed by atoms with Gasteiger partial charge in [-0.1, -0.05) is 51.1 Å². The first-order valence-electron chi connectivity index (χ1n) is 6.19. The van der Waals surface area contributed by atoms with Crippen molar-refractivity contribution in [1.29, 1.82) is 0 Å². The van der Waals surface area contributed by atoms with Crippen LogP contribution in [0.2, 0.25) is 0 Å². The number of rotatable bonds is 1. The van der Waals surface area contributed by atoms with Crippen LogP contribution in [0.3, 0.4) is 0 Å². The van der Waals surface area contributed by atoms with Crippen LogP contribution in [0, 0.1) is 0 Å². The van der Waals surface area contributed by atoms with Crippen molar-refractivity contribution in [2.24, 2.45) is 0 Å². The van der Waals surface area contributed by atoms with Crippen LogP contribution in [0.1, 0.15) is 33.3 Å². The second kappa shape index (κ2) is 4.45. The minimum atomic E-state index is -0.0383. The van der Waals surface area contributed by atoms with Crippen molar-refractivity contribution in [3.63, 3.8) is 0 Å². The summed E-state index contributed by atoms with van der Waals surface area (Å²) in [5, 5.41) is 5.19. The first-order chi connectivity index (χ1) is 8.39. The zero-order valence-corrected chi connectivity index (χ0v) is 11.4. The maximum absolute atomic E-state index is 11.2. The fourth-order valence-electron chi connectivity index (χ4n) is 2.25. The van der Waals surface area contributed by atoms with Crippen LogP contribution in [-0.2, 0) is 10.2 Å². The van der Waals surface area contributed by atoms with Gasteiger partial charge in [-0.2, -0.15) is 0 Å². The standard InChI is InChI=1S/C16H19NO/c1-11(18)17-15-10-9-14(16(2,3)4)12-7-5-6-8-13(12)15/h5-10H,1-4H3,(H,17,18). The van der Waals surface area contributed by atoms with Gasteiger partial charge in [-0.25, -0.2) is 0 Å². The SMILES string of the molecule is CC(=O)Nc1ccc(C(C)(C)C)c2ccccc12. The monoisotopic (exact) mass is 241 g/mol. The fraction of sp³-hybridized carbons (Fsp3) is 0.312. The Morgan fingerprint density at radius 1 is 1.00 bits per heavy atom. The molecule has 2 aromatic rings. The second-order valence-corrected chi connectivity index (χ2v) is 5.64. The van der Waals surface area contributed by atoms with Crippen molar-refractivity contribution >= 4 is 22.4 Å². The smallest absolute Gasteiger partial charge is 0.221 e. The zero-order valence-electron chi connectivity index (χ0n) is 11.4. The lowest BCUT2D eigenvalue weighted by Gasteiger charge is -2.22. The number of anilines is 1. The molecule has 0 aliphatic rings. The minimum absolute atomic E-state index is 0.0383. The van der Waals surface area contributed by atoms with Gasteiger partial charge in [0.1, 0.15) is 0 Å². The maximum atomic E-state index is 11.2. The van der Waals surface area contributed by atoms with Crippen LogP contribution >= 0.6 is 0 Å². The molecule has 2 aromatic carbocycles. The number of hydrogen-bond acceptors (Lipinski definition) is 1. The molecule has 0 saturated carbocycles. The van der Waals surface area contributed by atoms with Crippen molar-refractivity contribution in [2.45, 2.75) is 33.1 Å². The van der Waals surface area contributed by atoms with E-state index in [4.69, 9.17) is 0 Å².